The molecule has 2 heterocycles. The highest BCUT2D eigenvalue weighted by atomic mass is 19.1. The van der Waals surface area contributed by atoms with Crippen LogP contribution in [0.3, 0.4) is 0 Å². The van der Waals surface area contributed by atoms with Crippen LogP contribution in [0.25, 0.3) is 22.0 Å². The number of carbonyl (C=O) groups is 1. The molecule has 0 spiro atoms. The molecule has 1 atom stereocenters. The normalized spacial score (nSPS) is 15.2. The van der Waals surface area contributed by atoms with Crippen molar-refractivity contribution in [2.75, 3.05) is 29.9 Å². The largest absolute Gasteiger partial charge is 0.348 e. The number of aromatic nitrogens is 2. The average molecular weight is 492 g/mol. The lowest BCUT2D eigenvalue weighted by atomic mass is 10.0. The molecule has 1 aliphatic rings. The summed E-state index contributed by atoms with van der Waals surface area (Å²) in [5.74, 6) is 0.0851. The van der Waals surface area contributed by atoms with E-state index in [0.717, 1.165) is 33.9 Å². The van der Waals surface area contributed by atoms with Crippen molar-refractivity contribution in [2.45, 2.75) is 13.0 Å². The molecule has 0 unspecified atom stereocenters. The standard InChI is InChI=1S/C28H22FN7O/c1-18-17-35(28(37)32-25-11-8-20(16-31)14-24(25)29)12-13-36(18)27-23-5-3-2-4-22(23)26(33-34-27)21-9-6-19(15-30)7-10-21/h2-11,14,18H,12-13,17H2,1H3,(H,32,37)/t18-/m0/s1. The highest BCUT2D eigenvalue weighted by Crippen LogP contribution is 2.33. The maximum Gasteiger partial charge on any atom is 0.322 e. The number of nitriles is 2. The topological polar surface area (TPSA) is 109 Å². The molecule has 1 aromatic heterocycles. The van der Waals surface area contributed by atoms with Crippen molar-refractivity contribution in [3.05, 3.63) is 83.7 Å². The molecule has 1 fully saturated rings. The number of halogens is 1. The third kappa shape index (κ3) is 4.63. The van der Waals surface area contributed by atoms with Gasteiger partial charge >= 0.3 is 6.03 Å². The van der Waals surface area contributed by atoms with Crippen LogP contribution in [0.5, 0.6) is 0 Å². The zero-order valence-electron chi connectivity index (χ0n) is 20.0. The summed E-state index contributed by atoms with van der Waals surface area (Å²) in [5, 5.41) is 31.6. The van der Waals surface area contributed by atoms with Gasteiger partial charge in [0.05, 0.1) is 29.0 Å². The van der Waals surface area contributed by atoms with E-state index in [2.05, 4.69) is 26.5 Å². The SMILES string of the molecule is C[C@H]1CN(C(=O)Nc2ccc(C#N)cc2F)CCN1c1nnc(-c2ccc(C#N)cc2)c2ccccc12. The Labute approximate surface area is 213 Å². The van der Waals surface area contributed by atoms with Crippen molar-refractivity contribution in [2.24, 2.45) is 0 Å². The van der Waals surface area contributed by atoms with Crippen LogP contribution in [-0.4, -0.2) is 46.8 Å². The molecule has 9 heteroatoms. The molecule has 0 saturated carbocycles. The van der Waals surface area contributed by atoms with Crippen LogP contribution < -0.4 is 10.2 Å². The van der Waals surface area contributed by atoms with E-state index in [9.17, 15) is 9.18 Å². The zero-order valence-corrected chi connectivity index (χ0v) is 20.0. The van der Waals surface area contributed by atoms with Gasteiger partial charge in [-0.05, 0) is 37.3 Å². The van der Waals surface area contributed by atoms with Gasteiger partial charge in [-0.2, -0.15) is 10.5 Å². The number of piperazine rings is 1. The second-order valence-corrected chi connectivity index (χ2v) is 8.83. The van der Waals surface area contributed by atoms with Gasteiger partial charge in [-0.15, -0.1) is 10.2 Å². The third-order valence-electron chi connectivity index (χ3n) is 6.48. The molecule has 0 aliphatic carbocycles. The van der Waals surface area contributed by atoms with E-state index < -0.39 is 11.8 Å². The number of nitrogens with one attached hydrogen (secondary N) is 1. The van der Waals surface area contributed by atoms with Crippen LogP contribution in [-0.2, 0) is 0 Å². The molecular weight excluding hydrogens is 469 g/mol. The van der Waals surface area contributed by atoms with Gasteiger partial charge in [0.2, 0.25) is 0 Å². The fourth-order valence-corrected chi connectivity index (χ4v) is 4.55. The van der Waals surface area contributed by atoms with Crippen LogP contribution in [0.1, 0.15) is 18.1 Å². The van der Waals surface area contributed by atoms with E-state index >= 15 is 0 Å². The predicted octanol–water partition coefficient (Wildman–Crippen LogP) is 4.92. The minimum absolute atomic E-state index is 0.0364. The quantitative estimate of drug-likeness (QED) is 0.436. The van der Waals surface area contributed by atoms with Crippen LogP contribution in [0, 0.1) is 28.5 Å². The second-order valence-electron chi connectivity index (χ2n) is 8.83. The maximum atomic E-state index is 14.2. The van der Waals surface area contributed by atoms with Crippen LogP contribution >= 0.6 is 0 Å². The van der Waals surface area contributed by atoms with Gasteiger partial charge in [-0.25, -0.2) is 9.18 Å². The highest BCUT2D eigenvalue weighted by Gasteiger charge is 2.29. The molecule has 182 valence electrons. The Bertz CT molecular complexity index is 1570. The first-order valence-electron chi connectivity index (χ1n) is 11.8. The lowest BCUT2D eigenvalue weighted by Gasteiger charge is -2.40. The second kappa shape index (κ2) is 9.92. The van der Waals surface area contributed by atoms with Crippen LogP contribution in [0.15, 0.2) is 66.7 Å². The van der Waals surface area contributed by atoms with Gasteiger partial charge in [0.1, 0.15) is 11.5 Å². The molecule has 1 saturated heterocycles. The Kier molecular flexibility index (Phi) is 6.36. The molecule has 5 rings (SSSR count). The Morgan fingerprint density at radius 2 is 1.68 bits per heavy atom. The first kappa shape index (κ1) is 23.7. The first-order valence-corrected chi connectivity index (χ1v) is 11.8. The van der Waals surface area contributed by atoms with E-state index in [1.54, 1.807) is 17.0 Å². The molecule has 3 aromatic carbocycles. The first-order chi connectivity index (χ1) is 18.0. The van der Waals surface area contributed by atoms with Crippen LogP contribution in [0.4, 0.5) is 20.7 Å². The average Bonchev–Trinajstić information content (AvgIpc) is 2.93. The third-order valence-corrected chi connectivity index (χ3v) is 6.48. The highest BCUT2D eigenvalue weighted by molar-refractivity contribution is 6.00. The van der Waals surface area contributed by atoms with E-state index in [4.69, 9.17) is 10.5 Å². The molecule has 4 aromatic rings. The van der Waals surface area contributed by atoms with Crippen molar-refractivity contribution in [1.29, 1.82) is 10.5 Å². The number of amides is 2. The Morgan fingerprint density at radius 1 is 0.973 bits per heavy atom. The number of anilines is 2. The molecule has 37 heavy (non-hydrogen) atoms. The molecule has 2 amide bonds. The summed E-state index contributed by atoms with van der Waals surface area (Å²) in [6.07, 6.45) is 0. The van der Waals surface area contributed by atoms with Gasteiger partial charge < -0.3 is 15.1 Å². The number of benzene rings is 3. The van der Waals surface area contributed by atoms with Gasteiger partial charge in [0, 0.05) is 42.0 Å². The summed E-state index contributed by atoms with van der Waals surface area (Å²) in [6, 6.07) is 22.7. The van der Waals surface area contributed by atoms with E-state index in [-0.39, 0.29) is 17.3 Å². The number of nitrogens with zero attached hydrogens (tertiary/aromatic N) is 6. The number of fused-ring (bicyclic) bond motifs is 1. The summed E-state index contributed by atoms with van der Waals surface area (Å²) in [5.41, 5.74) is 2.42. The number of urea groups is 1. The van der Waals surface area contributed by atoms with Crippen molar-refractivity contribution in [3.8, 4) is 23.4 Å². The Morgan fingerprint density at radius 3 is 2.35 bits per heavy atom. The predicted molar refractivity (Wildman–Crippen MR) is 138 cm³/mol. The number of carbonyl (C=O) groups excluding carboxylic acids is 1. The van der Waals surface area contributed by atoms with Crippen molar-refractivity contribution in [1.82, 2.24) is 15.1 Å². The summed E-state index contributed by atoms with van der Waals surface area (Å²) in [4.78, 5) is 16.6. The smallest absolute Gasteiger partial charge is 0.322 e. The number of hydrogen-bond acceptors (Lipinski definition) is 6. The summed E-state index contributed by atoms with van der Waals surface area (Å²) < 4.78 is 14.2. The zero-order chi connectivity index (χ0) is 25.9. The Hall–Kier alpha value is -5.02. The lowest BCUT2D eigenvalue weighted by Crippen LogP contribution is -2.55. The molecule has 1 aliphatic heterocycles. The monoisotopic (exact) mass is 491 g/mol. The van der Waals surface area contributed by atoms with E-state index in [0.29, 0.717) is 25.2 Å². The molecule has 1 N–H and O–H groups in total. The van der Waals surface area contributed by atoms with Gasteiger partial charge in [0.25, 0.3) is 0 Å². The van der Waals surface area contributed by atoms with E-state index in [1.807, 2.05) is 49.4 Å². The number of rotatable bonds is 3. The lowest BCUT2D eigenvalue weighted by molar-refractivity contribution is 0.200. The Balaban J connectivity index is 1.36. The van der Waals surface area contributed by atoms with Crippen molar-refractivity contribution >= 4 is 28.3 Å². The molecule has 8 nitrogen and oxygen atoms in total. The number of hydrogen-bond donors (Lipinski definition) is 1. The van der Waals surface area contributed by atoms with Gasteiger partial charge in [0.15, 0.2) is 5.82 Å². The summed E-state index contributed by atoms with van der Waals surface area (Å²) in [7, 11) is 0. The van der Waals surface area contributed by atoms with Gasteiger partial charge in [-0.3, -0.25) is 0 Å². The van der Waals surface area contributed by atoms with Crippen molar-refractivity contribution < 1.29 is 9.18 Å². The molecule has 0 radical (unpaired) electrons. The molecular formula is C28H22FN7O. The maximum absolute atomic E-state index is 14.2. The minimum atomic E-state index is -0.650. The fraction of sp³-hybridized carbons (Fsp3) is 0.179. The summed E-state index contributed by atoms with van der Waals surface area (Å²) in [6.45, 7) is 3.37. The summed E-state index contributed by atoms with van der Waals surface area (Å²) >= 11 is 0. The van der Waals surface area contributed by atoms with Gasteiger partial charge in [-0.1, -0.05) is 36.4 Å². The van der Waals surface area contributed by atoms with E-state index in [1.165, 1.54) is 12.1 Å². The molecule has 0 bridgehead atoms. The van der Waals surface area contributed by atoms with Crippen molar-refractivity contribution in [3.63, 3.8) is 0 Å². The van der Waals surface area contributed by atoms with Crippen LogP contribution in [0.2, 0.25) is 0 Å². The fourth-order valence-electron chi connectivity index (χ4n) is 4.55. The minimum Gasteiger partial charge on any atom is -0.348 e.